The standard InChI is InChI=1S/C13H22N2O2/c14-13(12(16)17)7-2-1-5-11(13)6-10-15-8-3-4-9-15/h2,7,11H,1,3-6,8-10,14H2,(H,16,17). The highest BCUT2D eigenvalue weighted by Crippen LogP contribution is 2.30. The van der Waals surface area contributed by atoms with Gasteiger partial charge in [0, 0.05) is 0 Å². The van der Waals surface area contributed by atoms with Crippen molar-refractivity contribution in [2.24, 2.45) is 11.7 Å². The first-order valence-electron chi connectivity index (χ1n) is 6.55. The molecule has 4 nitrogen and oxygen atoms in total. The van der Waals surface area contributed by atoms with Crippen LogP contribution in [-0.4, -0.2) is 41.1 Å². The maximum absolute atomic E-state index is 11.3. The number of hydrogen-bond acceptors (Lipinski definition) is 3. The number of hydrogen-bond donors (Lipinski definition) is 2. The molecule has 4 heteroatoms. The van der Waals surface area contributed by atoms with Crippen LogP contribution in [0.15, 0.2) is 12.2 Å². The molecule has 0 amide bonds. The van der Waals surface area contributed by atoms with E-state index in [9.17, 15) is 9.90 Å². The van der Waals surface area contributed by atoms with Crippen molar-refractivity contribution in [3.63, 3.8) is 0 Å². The third-order valence-electron chi connectivity index (χ3n) is 4.11. The highest BCUT2D eigenvalue weighted by molar-refractivity contribution is 5.81. The van der Waals surface area contributed by atoms with Crippen molar-refractivity contribution < 1.29 is 9.90 Å². The second kappa shape index (κ2) is 5.19. The summed E-state index contributed by atoms with van der Waals surface area (Å²) in [5.41, 5.74) is 4.89. The molecule has 1 saturated heterocycles. The fraction of sp³-hybridized carbons (Fsp3) is 0.769. The first-order valence-corrected chi connectivity index (χ1v) is 6.55. The molecule has 17 heavy (non-hydrogen) atoms. The molecular weight excluding hydrogens is 216 g/mol. The van der Waals surface area contributed by atoms with Crippen molar-refractivity contribution in [2.45, 2.75) is 37.6 Å². The highest BCUT2D eigenvalue weighted by Gasteiger charge is 2.41. The Morgan fingerprint density at radius 3 is 2.82 bits per heavy atom. The number of carboxylic acids is 1. The van der Waals surface area contributed by atoms with E-state index in [0.29, 0.717) is 0 Å². The molecule has 0 spiro atoms. The van der Waals surface area contributed by atoms with E-state index in [0.717, 1.165) is 38.9 Å². The Bertz CT molecular complexity index is 311. The summed E-state index contributed by atoms with van der Waals surface area (Å²) in [7, 11) is 0. The van der Waals surface area contributed by atoms with Crippen molar-refractivity contribution in [1.29, 1.82) is 0 Å². The summed E-state index contributed by atoms with van der Waals surface area (Å²) in [6.07, 6.45) is 8.89. The van der Waals surface area contributed by atoms with Crippen LogP contribution in [0.3, 0.4) is 0 Å². The average Bonchev–Trinajstić information content (AvgIpc) is 2.81. The molecule has 2 unspecified atom stereocenters. The minimum atomic E-state index is -1.14. The lowest BCUT2D eigenvalue weighted by atomic mass is 9.76. The quantitative estimate of drug-likeness (QED) is 0.723. The van der Waals surface area contributed by atoms with Crippen LogP contribution in [0, 0.1) is 5.92 Å². The fourth-order valence-corrected chi connectivity index (χ4v) is 2.92. The summed E-state index contributed by atoms with van der Waals surface area (Å²) < 4.78 is 0. The number of aliphatic carboxylic acids is 1. The van der Waals surface area contributed by atoms with Gasteiger partial charge in [0.1, 0.15) is 5.54 Å². The van der Waals surface area contributed by atoms with Crippen LogP contribution in [0.2, 0.25) is 0 Å². The summed E-state index contributed by atoms with van der Waals surface area (Å²) >= 11 is 0. The first kappa shape index (κ1) is 12.6. The van der Waals surface area contributed by atoms with Gasteiger partial charge < -0.3 is 15.7 Å². The molecule has 3 N–H and O–H groups in total. The highest BCUT2D eigenvalue weighted by atomic mass is 16.4. The molecule has 0 radical (unpaired) electrons. The summed E-state index contributed by atoms with van der Waals surface area (Å²) in [5, 5.41) is 9.27. The molecule has 96 valence electrons. The predicted octanol–water partition coefficient (Wildman–Crippen LogP) is 1.22. The van der Waals surface area contributed by atoms with Crippen molar-refractivity contribution in [2.75, 3.05) is 19.6 Å². The molecule has 2 aliphatic rings. The lowest BCUT2D eigenvalue weighted by Crippen LogP contribution is -2.54. The fourth-order valence-electron chi connectivity index (χ4n) is 2.92. The molecule has 0 saturated carbocycles. The molecule has 2 atom stereocenters. The number of rotatable bonds is 4. The maximum atomic E-state index is 11.3. The zero-order chi connectivity index (χ0) is 12.3. The van der Waals surface area contributed by atoms with Crippen molar-refractivity contribution in [1.82, 2.24) is 4.90 Å². The summed E-state index contributed by atoms with van der Waals surface area (Å²) in [5.74, 6) is -0.814. The Balaban J connectivity index is 1.93. The smallest absolute Gasteiger partial charge is 0.327 e. The maximum Gasteiger partial charge on any atom is 0.327 e. The Morgan fingerprint density at radius 2 is 2.18 bits per heavy atom. The van der Waals surface area contributed by atoms with Gasteiger partial charge in [-0.3, -0.25) is 0 Å². The van der Waals surface area contributed by atoms with Gasteiger partial charge >= 0.3 is 5.97 Å². The predicted molar refractivity (Wildman–Crippen MR) is 66.7 cm³/mol. The third-order valence-corrected chi connectivity index (χ3v) is 4.11. The third kappa shape index (κ3) is 2.69. The Morgan fingerprint density at radius 1 is 1.47 bits per heavy atom. The molecule has 1 heterocycles. The molecule has 0 aromatic heterocycles. The number of allylic oxidation sites excluding steroid dienone is 1. The van der Waals surface area contributed by atoms with E-state index in [4.69, 9.17) is 5.73 Å². The molecule has 0 aromatic carbocycles. The second-order valence-corrected chi connectivity index (χ2v) is 5.25. The second-order valence-electron chi connectivity index (χ2n) is 5.25. The zero-order valence-corrected chi connectivity index (χ0v) is 10.3. The van der Waals surface area contributed by atoms with Crippen LogP contribution in [0.5, 0.6) is 0 Å². The Hall–Kier alpha value is -0.870. The van der Waals surface area contributed by atoms with Gasteiger partial charge in [-0.25, -0.2) is 4.79 Å². The summed E-state index contributed by atoms with van der Waals surface area (Å²) in [6, 6.07) is 0. The van der Waals surface area contributed by atoms with Gasteiger partial charge in [-0.1, -0.05) is 12.2 Å². The van der Waals surface area contributed by atoms with Crippen LogP contribution in [0.1, 0.15) is 32.1 Å². The summed E-state index contributed by atoms with van der Waals surface area (Å²) in [6.45, 7) is 3.31. The van der Waals surface area contributed by atoms with E-state index < -0.39 is 11.5 Å². The van der Waals surface area contributed by atoms with Crippen LogP contribution < -0.4 is 5.73 Å². The molecule has 2 rings (SSSR count). The van der Waals surface area contributed by atoms with Gasteiger partial charge in [0.2, 0.25) is 0 Å². The van der Waals surface area contributed by atoms with Crippen LogP contribution in [-0.2, 0) is 4.79 Å². The number of nitrogens with zero attached hydrogens (tertiary/aromatic N) is 1. The number of likely N-dealkylation sites (tertiary alicyclic amines) is 1. The van der Waals surface area contributed by atoms with Crippen molar-refractivity contribution in [3.8, 4) is 0 Å². The minimum absolute atomic E-state index is 0.0746. The van der Waals surface area contributed by atoms with E-state index >= 15 is 0 Å². The van der Waals surface area contributed by atoms with Gasteiger partial charge in [-0.05, 0) is 57.7 Å². The van der Waals surface area contributed by atoms with Crippen LogP contribution in [0.25, 0.3) is 0 Å². The molecule has 1 fully saturated rings. The van der Waals surface area contributed by atoms with Crippen molar-refractivity contribution >= 4 is 5.97 Å². The Kier molecular flexibility index (Phi) is 3.84. The minimum Gasteiger partial charge on any atom is -0.480 e. The number of nitrogens with two attached hydrogens (primary N) is 1. The molecule has 0 bridgehead atoms. The summed E-state index contributed by atoms with van der Waals surface area (Å²) in [4.78, 5) is 13.7. The van der Waals surface area contributed by atoms with Crippen molar-refractivity contribution in [3.05, 3.63) is 12.2 Å². The van der Waals surface area contributed by atoms with E-state index in [2.05, 4.69) is 4.90 Å². The first-order chi connectivity index (χ1) is 8.13. The van der Waals surface area contributed by atoms with Gasteiger partial charge in [-0.2, -0.15) is 0 Å². The molecule has 1 aliphatic carbocycles. The Labute approximate surface area is 102 Å². The zero-order valence-electron chi connectivity index (χ0n) is 10.3. The van der Waals surface area contributed by atoms with Gasteiger partial charge in [0.05, 0.1) is 0 Å². The average molecular weight is 238 g/mol. The largest absolute Gasteiger partial charge is 0.480 e. The van der Waals surface area contributed by atoms with E-state index in [1.807, 2.05) is 6.08 Å². The topological polar surface area (TPSA) is 66.6 Å². The van der Waals surface area contributed by atoms with Gasteiger partial charge in [0.15, 0.2) is 0 Å². The van der Waals surface area contributed by atoms with E-state index in [1.165, 1.54) is 12.8 Å². The van der Waals surface area contributed by atoms with E-state index in [1.54, 1.807) is 6.08 Å². The lowest BCUT2D eigenvalue weighted by molar-refractivity contribution is -0.143. The lowest BCUT2D eigenvalue weighted by Gasteiger charge is -2.34. The van der Waals surface area contributed by atoms with Gasteiger partial charge in [-0.15, -0.1) is 0 Å². The molecule has 1 aliphatic heterocycles. The van der Waals surface area contributed by atoms with Crippen LogP contribution >= 0.6 is 0 Å². The monoisotopic (exact) mass is 238 g/mol. The normalized spacial score (nSPS) is 34.1. The van der Waals surface area contributed by atoms with E-state index in [-0.39, 0.29) is 5.92 Å². The SMILES string of the molecule is NC1(C(=O)O)C=CCCC1CCN1CCCC1. The molecular formula is C13H22N2O2. The van der Waals surface area contributed by atoms with Gasteiger partial charge in [0.25, 0.3) is 0 Å². The number of carbonyl (C=O) groups is 1. The molecule has 0 aromatic rings. The van der Waals surface area contributed by atoms with Crippen LogP contribution in [0.4, 0.5) is 0 Å². The number of carboxylic acid groups (broad SMARTS) is 1.